The molecule has 0 aliphatic heterocycles. The molecule has 0 bridgehead atoms. The Labute approximate surface area is 126 Å². The average Bonchev–Trinajstić information content (AvgIpc) is 2.28. The van der Waals surface area contributed by atoms with Crippen LogP contribution in [0, 0.1) is 6.92 Å². The number of rotatable bonds is 1. The van der Waals surface area contributed by atoms with Crippen LogP contribution in [0.1, 0.15) is 28.4 Å². The molecule has 0 aromatic heterocycles. The van der Waals surface area contributed by atoms with E-state index in [1.54, 1.807) is 6.92 Å². The van der Waals surface area contributed by atoms with Gasteiger partial charge in [-0.15, -0.1) is 0 Å². The van der Waals surface area contributed by atoms with E-state index < -0.39 is 34.6 Å². The zero-order valence-corrected chi connectivity index (χ0v) is 11.8. The van der Waals surface area contributed by atoms with Gasteiger partial charge in [0.15, 0.2) is 5.52 Å². The molecule has 20 heavy (non-hydrogen) atoms. The Morgan fingerprint density at radius 1 is 1.00 bits per heavy atom. The molecular weight excluding hydrogens is 300 g/mol. The molecule has 0 fully saturated rings. The summed E-state index contributed by atoms with van der Waals surface area (Å²) < 4.78 is 74.7. The summed E-state index contributed by atoms with van der Waals surface area (Å²) in [6.07, 6.45) is -10.0. The Morgan fingerprint density at radius 2 is 1.30 bits per heavy atom. The fraction of sp³-hybridized carbons (Fsp3) is 0.273. The molecule has 0 saturated heterocycles. The van der Waals surface area contributed by atoms with Gasteiger partial charge in [0.25, 0.3) is 0 Å². The first-order valence-electron chi connectivity index (χ1n) is 4.83. The van der Waals surface area contributed by atoms with Crippen LogP contribution in [0.15, 0.2) is 18.2 Å². The van der Waals surface area contributed by atoms with Crippen LogP contribution in [-0.4, -0.2) is 5.52 Å². The second kappa shape index (κ2) is 8.07. The Bertz CT molecular complexity index is 423. The Morgan fingerprint density at radius 3 is 1.50 bits per heavy atom. The van der Waals surface area contributed by atoms with Gasteiger partial charge < -0.3 is 6.92 Å². The van der Waals surface area contributed by atoms with Gasteiger partial charge in [0.2, 0.25) is 0 Å². The second-order valence-corrected chi connectivity index (χ2v) is 3.61. The van der Waals surface area contributed by atoms with E-state index in [4.69, 9.17) is 0 Å². The number of carbonyl (C=O) groups is 1. The van der Waals surface area contributed by atoms with Crippen molar-refractivity contribution in [3.05, 3.63) is 41.8 Å². The van der Waals surface area contributed by atoms with Crippen molar-refractivity contribution in [1.29, 1.82) is 0 Å². The van der Waals surface area contributed by atoms with Crippen molar-refractivity contribution >= 4 is 14.8 Å². The van der Waals surface area contributed by atoms with E-state index in [2.05, 4.69) is 6.92 Å². The SMILES string of the molecule is O=C(P)c1c(C(F)(F)F)cccc1C(F)(F)F.[CH2-]C.[Li+]. The Kier molecular flexibility index (Phi) is 8.79. The monoisotopic (exact) mass is 310 g/mol. The standard InChI is InChI=1S/C9H5F6OP.C2H5.Li/c10-8(11,12)4-2-1-3-5(9(13,14)15)6(4)7(16)17;1-2;/h1-3H,17H2;1H2,2H3;/q;-1;+1. The molecule has 0 amide bonds. The minimum atomic E-state index is -5.01. The zero-order chi connectivity index (χ0) is 15.4. The third-order valence-corrected chi connectivity index (χ3v) is 2.21. The van der Waals surface area contributed by atoms with E-state index in [0.717, 1.165) is 0 Å². The molecule has 1 rings (SSSR count). The Hall–Kier alpha value is -0.503. The van der Waals surface area contributed by atoms with Gasteiger partial charge in [-0.25, -0.2) is 0 Å². The third kappa shape index (κ3) is 5.47. The number of halogens is 6. The quantitative estimate of drug-likeness (QED) is 0.333. The van der Waals surface area contributed by atoms with Gasteiger partial charge in [-0.2, -0.15) is 33.3 Å². The van der Waals surface area contributed by atoms with Crippen LogP contribution in [0.2, 0.25) is 0 Å². The van der Waals surface area contributed by atoms with Gasteiger partial charge in [-0.05, 0) is 12.1 Å². The van der Waals surface area contributed by atoms with E-state index in [1.165, 1.54) is 9.24 Å². The summed E-state index contributed by atoms with van der Waals surface area (Å²) in [6.45, 7) is 5.00. The summed E-state index contributed by atoms with van der Waals surface area (Å²) in [6, 6.07) is 1.49. The van der Waals surface area contributed by atoms with Crippen LogP contribution in [0.4, 0.5) is 26.3 Å². The second-order valence-electron chi connectivity index (χ2n) is 3.09. The first-order chi connectivity index (χ1) is 8.55. The van der Waals surface area contributed by atoms with Crippen molar-refractivity contribution in [3.63, 3.8) is 0 Å². The fourth-order valence-corrected chi connectivity index (χ4v) is 1.60. The van der Waals surface area contributed by atoms with Gasteiger partial charge in [0.05, 0.1) is 11.1 Å². The van der Waals surface area contributed by atoms with Crippen molar-refractivity contribution in [2.75, 3.05) is 0 Å². The summed E-state index contributed by atoms with van der Waals surface area (Å²) in [5.74, 6) is 0. The summed E-state index contributed by atoms with van der Waals surface area (Å²) >= 11 is 0. The third-order valence-electron chi connectivity index (χ3n) is 1.92. The van der Waals surface area contributed by atoms with Crippen LogP contribution in [0.25, 0.3) is 0 Å². The van der Waals surface area contributed by atoms with Gasteiger partial charge in [0.1, 0.15) is 0 Å². The molecule has 1 aromatic rings. The Balaban J connectivity index is 0. The van der Waals surface area contributed by atoms with E-state index in [0.29, 0.717) is 18.2 Å². The molecule has 0 saturated carbocycles. The van der Waals surface area contributed by atoms with Crippen LogP contribution in [0.3, 0.4) is 0 Å². The van der Waals surface area contributed by atoms with Crippen molar-refractivity contribution in [1.82, 2.24) is 0 Å². The summed E-state index contributed by atoms with van der Waals surface area (Å²) in [5, 5.41) is 0. The first kappa shape index (κ1) is 21.8. The van der Waals surface area contributed by atoms with E-state index in [-0.39, 0.29) is 18.9 Å². The minimum Gasteiger partial charge on any atom is -0.346 e. The number of hydrogen-bond acceptors (Lipinski definition) is 1. The maximum Gasteiger partial charge on any atom is 1.00 e. The molecule has 0 N–H and O–H groups in total. The number of hydrogen-bond donors (Lipinski definition) is 0. The first-order valence-corrected chi connectivity index (χ1v) is 5.41. The van der Waals surface area contributed by atoms with Crippen LogP contribution in [-0.2, 0) is 12.4 Å². The predicted molar refractivity (Wildman–Crippen MR) is 61.5 cm³/mol. The molecule has 0 radical (unpaired) electrons. The molecule has 1 aromatic carbocycles. The van der Waals surface area contributed by atoms with Crippen molar-refractivity contribution < 1.29 is 50.0 Å². The van der Waals surface area contributed by atoms with E-state index >= 15 is 0 Å². The van der Waals surface area contributed by atoms with Crippen molar-refractivity contribution in [2.24, 2.45) is 0 Å². The summed E-state index contributed by atoms with van der Waals surface area (Å²) in [5.41, 5.74) is -5.91. The normalized spacial score (nSPS) is 11.1. The smallest absolute Gasteiger partial charge is 0.346 e. The van der Waals surface area contributed by atoms with Gasteiger partial charge in [0, 0.05) is 5.56 Å². The molecule has 0 spiro atoms. The van der Waals surface area contributed by atoms with E-state index in [1.807, 2.05) is 0 Å². The summed E-state index contributed by atoms with van der Waals surface area (Å²) in [7, 11) is 1.32. The van der Waals surface area contributed by atoms with Gasteiger partial charge in [-0.3, -0.25) is 4.79 Å². The molecule has 1 nitrogen and oxygen atoms in total. The summed E-state index contributed by atoms with van der Waals surface area (Å²) in [4.78, 5) is 10.9. The van der Waals surface area contributed by atoms with Crippen molar-refractivity contribution in [2.45, 2.75) is 19.3 Å². The molecular formula is C11H10F6LiOP. The molecule has 0 aliphatic carbocycles. The topological polar surface area (TPSA) is 17.1 Å². The maximum absolute atomic E-state index is 12.4. The average molecular weight is 310 g/mol. The molecule has 1 unspecified atom stereocenters. The molecule has 0 heterocycles. The molecule has 108 valence electrons. The number of benzene rings is 1. The van der Waals surface area contributed by atoms with Gasteiger partial charge >= 0.3 is 31.2 Å². The van der Waals surface area contributed by atoms with Crippen molar-refractivity contribution in [3.8, 4) is 0 Å². The molecule has 1 atom stereocenters. The molecule has 9 heteroatoms. The fourth-order valence-electron chi connectivity index (χ4n) is 1.29. The zero-order valence-electron chi connectivity index (χ0n) is 10.7. The maximum atomic E-state index is 12.4. The minimum absolute atomic E-state index is 0. The largest absolute Gasteiger partial charge is 1.00 e. The van der Waals surface area contributed by atoms with E-state index in [9.17, 15) is 31.1 Å². The van der Waals surface area contributed by atoms with Gasteiger partial charge in [-0.1, -0.05) is 15.3 Å². The van der Waals surface area contributed by atoms with Crippen LogP contribution >= 0.6 is 9.24 Å². The van der Waals surface area contributed by atoms with Crippen LogP contribution in [0.5, 0.6) is 0 Å². The van der Waals surface area contributed by atoms with Crippen LogP contribution < -0.4 is 18.9 Å². The predicted octanol–water partition coefficient (Wildman–Crippen LogP) is 1.58. The molecule has 0 aliphatic rings. The number of alkyl halides is 6. The number of carbonyl (C=O) groups excluding carboxylic acids is 1.